The van der Waals surface area contributed by atoms with E-state index in [-0.39, 0.29) is 28.5 Å². The molecular weight excluding hydrogens is 484 g/mol. The van der Waals surface area contributed by atoms with Gasteiger partial charge in [0.1, 0.15) is 17.4 Å². The fourth-order valence-electron chi connectivity index (χ4n) is 3.82. The average molecular weight is 511 g/mol. The zero-order valence-corrected chi connectivity index (χ0v) is 21.5. The van der Waals surface area contributed by atoms with Gasteiger partial charge in [-0.15, -0.1) is 0 Å². The SMILES string of the molecule is CCN(CC)C(=O)/C=C(\C)c1ccc2oc(C(=O)c3ccc(C#N)cc3)c(NC(=O)/C(C#N)=C(\C)O)c2c1. The Balaban J connectivity index is 2.17. The fraction of sp³-hybridized carbons (Fsp3) is 0.207. The number of aliphatic hydroxyl groups excluding tert-OH is 1. The number of allylic oxidation sites excluding steroid dienone is 2. The average Bonchev–Trinajstić information content (AvgIpc) is 3.26. The van der Waals surface area contributed by atoms with E-state index in [0.717, 1.165) is 0 Å². The van der Waals surface area contributed by atoms with E-state index in [0.29, 0.717) is 35.2 Å². The van der Waals surface area contributed by atoms with Gasteiger partial charge in [0.2, 0.25) is 11.7 Å². The van der Waals surface area contributed by atoms with Crippen LogP contribution in [0.3, 0.4) is 0 Å². The number of rotatable bonds is 8. The number of fused-ring (bicyclic) bond motifs is 1. The Morgan fingerprint density at radius 1 is 1.03 bits per heavy atom. The van der Waals surface area contributed by atoms with Crippen LogP contribution in [0.4, 0.5) is 5.69 Å². The first kappa shape index (κ1) is 27.4. The Hall–Kier alpha value is -5.15. The lowest BCUT2D eigenvalue weighted by atomic mass is 10.0. The monoisotopic (exact) mass is 510 g/mol. The van der Waals surface area contributed by atoms with Crippen molar-refractivity contribution in [2.24, 2.45) is 0 Å². The summed E-state index contributed by atoms with van der Waals surface area (Å²) in [7, 11) is 0. The van der Waals surface area contributed by atoms with Crippen molar-refractivity contribution in [1.29, 1.82) is 10.5 Å². The van der Waals surface area contributed by atoms with E-state index < -0.39 is 23.0 Å². The lowest BCUT2D eigenvalue weighted by Crippen LogP contribution is -2.28. The summed E-state index contributed by atoms with van der Waals surface area (Å²) in [5.41, 5.74) is 1.67. The van der Waals surface area contributed by atoms with Gasteiger partial charge in [-0.25, -0.2) is 0 Å². The zero-order chi connectivity index (χ0) is 28.0. The number of hydrogen-bond acceptors (Lipinski definition) is 7. The van der Waals surface area contributed by atoms with Crippen molar-refractivity contribution in [2.75, 3.05) is 18.4 Å². The van der Waals surface area contributed by atoms with Crippen LogP contribution in [0.1, 0.15) is 54.9 Å². The fourth-order valence-corrected chi connectivity index (χ4v) is 3.82. The Bertz CT molecular complexity index is 1560. The number of anilines is 1. The predicted molar refractivity (Wildman–Crippen MR) is 142 cm³/mol. The van der Waals surface area contributed by atoms with E-state index in [4.69, 9.17) is 9.68 Å². The summed E-state index contributed by atoms with van der Waals surface area (Å²) in [4.78, 5) is 40.5. The maximum absolute atomic E-state index is 13.4. The first-order valence-electron chi connectivity index (χ1n) is 11.8. The number of ketones is 1. The number of carbonyl (C=O) groups excluding carboxylic acids is 3. The molecule has 0 aliphatic carbocycles. The number of carbonyl (C=O) groups is 3. The van der Waals surface area contributed by atoms with Crippen LogP contribution in [0.25, 0.3) is 16.5 Å². The summed E-state index contributed by atoms with van der Waals surface area (Å²) < 4.78 is 5.85. The van der Waals surface area contributed by atoms with Crippen LogP contribution in [0, 0.1) is 22.7 Å². The molecule has 0 unspecified atom stereocenters. The second-order valence-corrected chi connectivity index (χ2v) is 8.40. The third-order valence-corrected chi connectivity index (χ3v) is 5.98. The van der Waals surface area contributed by atoms with Crippen LogP contribution in [-0.4, -0.2) is 40.7 Å². The molecule has 2 aromatic carbocycles. The van der Waals surface area contributed by atoms with Gasteiger partial charge >= 0.3 is 0 Å². The van der Waals surface area contributed by atoms with Crippen molar-refractivity contribution in [3.05, 3.63) is 82.3 Å². The molecule has 192 valence electrons. The van der Waals surface area contributed by atoms with Crippen molar-refractivity contribution >= 4 is 39.8 Å². The van der Waals surface area contributed by atoms with E-state index >= 15 is 0 Å². The van der Waals surface area contributed by atoms with Crippen molar-refractivity contribution in [3.63, 3.8) is 0 Å². The third-order valence-electron chi connectivity index (χ3n) is 5.98. The van der Waals surface area contributed by atoms with E-state index in [1.807, 2.05) is 19.9 Å². The number of furan rings is 1. The normalized spacial score (nSPS) is 11.8. The molecule has 0 saturated carbocycles. The van der Waals surface area contributed by atoms with Gasteiger partial charge in [0, 0.05) is 30.1 Å². The highest BCUT2D eigenvalue weighted by molar-refractivity contribution is 6.19. The van der Waals surface area contributed by atoms with Crippen molar-refractivity contribution in [3.8, 4) is 12.1 Å². The molecule has 38 heavy (non-hydrogen) atoms. The summed E-state index contributed by atoms with van der Waals surface area (Å²) in [6.45, 7) is 7.89. The third kappa shape index (κ3) is 5.63. The van der Waals surface area contributed by atoms with Gasteiger partial charge in [-0.1, -0.05) is 6.07 Å². The topological polar surface area (TPSA) is 147 Å². The van der Waals surface area contributed by atoms with Gasteiger partial charge in [0.25, 0.3) is 5.91 Å². The number of nitrogens with one attached hydrogen (secondary N) is 1. The van der Waals surface area contributed by atoms with E-state index in [1.54, 1.807) is 36.1 Å². The summed E-state index contributed by atoms with van der Waals surface area (Å²) in [6, 6.07) is 14.6. The highest BCUT2D eigenvalue weighted by Crippen LogP contribution is 2.35. The minimum absolute atomic E-state index is 0.0121. The molecule has 0 spiro atoms. The maximum atomic E-state index is 13.4. The highest BCUT2D eigenvalue weighted by atomic mass is 16.3. The second kappa shape index (κ2) is 11.7. The molecule has 1 heterocycles. The number of nitrogens with zero attached hydrogens (tertiary/aromatic N) is 3. The van der Waals surface area contributed by atoms with Crippen LogP contribution in [0.15, 0.2) is 64.3 Å². The molecule has 9 heteroatoms. The molecule has 0 bridgehead atoms. The van der Waals surface area contributed by atoms with Crippen molar-refractivity contribution in [2.45, 2.75) is 27.7 Å². The maximum Gasteiger partial charge on any atom is 0.269 e. The molecule has 2 N–H and O–H groups in total. The van der Waals surface area contributed by atoms with Crippen LogP contribution >= 0.6 is 0 Å². The minimum Gasteiger partial charge on any atom is -0.511 e. The van der Waals surface area contributed by atoms with Crippen molar-refractivity contribution < 1.29 is 23.9 Å². The summed E-state index contributed by atoms with van der Waals surface area (Å²) in [5, 5.41) is 31.0. The minimum atomic E-state index is -0.918. The lowest BCUT2D eigenvalue weighted by molar-refractivity contribution is -0.125. The van der Waals surface area contributed by atoms with E-state index in [1.165, 1.54) is 37.3 Å². The largest absolute Gasteiger partial charge is 0.511 e. The molecule has 3 aromatic rings. The molecule has 0 radical (unpaired) electrons. The number of aliphatic hydroxyl groups is 1. The summed E-state index contributed by atoms with van der Waals surface area (Å²) in [6.07, 6.45) is 1.51. The standard InChI is InChI=1S/C29H26N4O5/c1-5-33(6-2)25(35)13-17(3)21-11-12-24-22(14-21)26(32-29(37)23(16-31)18(4)34)28(38-24)27(36)20-9-7-19(15-30)8-10-20/h7-14,34H,5-6H2,1-4H3,(H,32,37)/b17-13+,23-18+. The Labute approximate surface area is 219 Å². The van der Waals surface area contributed by atoms with Gasteiger partial charge in [-0.05, 0) is 75.2 Å². The first-order valence-corrected chi connectivity index (χ1v) is 11.8. The van der Waals surface area contributed by atoms with Gasteiger partial charge < -0.3 is 19.7 Å². The zero-order valence-electron chi connectivity index (χ0n) is 21.5. The Morgan fingerprint density at radius 3 is 2.21 bits per heavy atom. The number of amides is 2. The lowest BCUT2D eigenvalue weighted by Gasteiger charge is -2.16. The number of nitriles is 2. The molecule has 0 aliphatic heterocycles. The molecule has 3 rings (SSSR count). The first-order chi connectivity index (χ1) is 18.1. The van der Waals surface area contributed by atoms with Gasteiger partial charge in [0.05, 0.1) is 17.3 Å². The quantitative estimate of drug-likeness (QED) is 0.185. The molecule has 0 fully saturated rings. The second-order valence-electron chi connectivity index (χ2n) is 8.40. The number of benzene rings is 2. The number of hydrogen-bond donors (Lipinski definition) is 2. The van der Waals surface area contributed by atoms with Crippen LogP contribution < -0.4 is 5.32 Å². The molecule has 0 aliphatic rings. The summed E-state index contributed by atoms with van der Waals surface area (Å²) >= 11 is 0. The van der Waals surface area contributed by atoms with E-state index in [2.05, 4.69) is 5.32 Å². The van der Waals surface area contributed by atoms with Gasteiger partial charge in [0.15, 0.2) is 11.3 Å². The van der Waals surface area contributed by atoms with Crippen LogP contribution in [0.5, 0.6) is 0 Å². The van der Waals surface area contributed by atoms with E-state index in [9.17, 15) is 24.8 Å². The number of likely N-dealkylation sites (N-methyl/N-ethyl adjacent to an activating group) is 1. The molecule has 9 nitrogen and oxygen atoms in total. The van der Waals surface area contributed by atoms with Crippen LogP contribution in [-0.2, 0) is 9.59 Å². The molecule has 2 amide bonds. The van der Waals surface area contributed by atoms with Gasteiger partial charge in [-0.3, -0.25) is 14.4 Å². The highest BCUT2D eigenvalue weighted by Gasteiger charge is 2.25. The van der Waals surface area contributed by atoms with Crippen LogP contribution in [0.2, 0.25) is 0 Å². The predicted octanol–water partition coefficient (Wildman–Crippen LogP) is 5.10. The molecule has 0 saturated heterocycles. The molecule has 0 atom stereocenters. The molecule has 1 aromatic heterocycles. The van der Waals surface area contributed by atoms with Gasteiger partial charge in [-0.2, -0.15) is 10.5 Å². The van der Waals surface area contributed by atoms with Crippen molar-refractivity contribution in [1.82, 2.24) is 4.90 Å². The smallest absolute Gasteiger partial charge is 0.269 e. The Morgan fingerprint density at radius 2 is 1.66 bits per heavy atom. The summed E-state index contributed by atoms with van der Waals surface area (Å²) in [5.74, 6) is -2.29. The Kier molecular flexibility index (Phi) is 8.46. The molecular formula is C29H26N4O5.